The highest BCUT2D eigenvalue weighted by Gasteiger charge is 2.29. The third-order valence-electron chi connectivity index (χ3n) is 3.67. The average molecular weight is 291 g/mol. The second-order valence-corrected chi connectivity index (χ2v) is 5.77. The quantitative estimate of drug-likeness (QED) is 0.620. The Morgan fingerprint density at radius 1 is 1.24 bits per heavy atom. The maximum atomic E-state index is 12.4. The smallest absolute Gasteiger partial charge is 0.324 e. The monoisotopic (exact) mass is 291 g/mol. The molecule has 1 saturated heterocycles. The molecule has 2 amide bonds. The van der Waals surface area contributed by atoms with E-state index in [1.807, 2.05) is 29.2 Å². The van der Waals surface area contributed by atoms with E-state index >= 15 is 0 Å². The van der Waals surface area contributed by atoms with Crippen molar-refractivity contribution in [2.75, 3.05) is 43.5 Å². The summed E-state index contributed by atoms with van der Waals surface area (Å²) >= 11 is 0. The number of hydrogen-bond acceptors (Lipinski definition) is 3. The molecule has 0 saturated carbocycles. The number of ether oxygens (including phenoxy) is 1. The first kappa shape index (κ1) is 15.6. The van der Waals surface area contributed by atoms with Crippen molar-refractivity contribution in [3.8, 4) is 0 Å². The van der Waals surface area contributed by atoms with Gasteiger partial charge in [-0.3, -0.25) is 4.90 Å². The van der Waals surface area contributed by atoms with Gasteiger partial charge in [0, 0.05) is 26.2 Å². The number of nitrogens with two attached hydrogens (primary N) is 1. The molecule has 0 aliphatic carbocycles. The summed E-state index contributed by atoms with van der Waals surface area (Å²) in [5, 5.41) is 0. The van der Waals surface area contributed by atoms with Gasteiger partial charge in [-0.25, -0.2) is 4.79 Å². The molecule has 1 aliphatic heterocycles. The average Bonchev–Trinajstić information content (AvgIpc) is 2.80. The molecule has 5 heteroatoms. The third-order valence-corrected chi connectivity index (χ3v) is 3.67. The maximum absolute atomic E-state index is 12.4. The molecule has 2 rings (SSSR count). The third kappa shape index (κ3) is 4.11. The van der Waals surface area contributed by atoms with Crippen LogP contribution in [0.25, 0.3) is 0 Å². The van der Waals surface area contributed by atoms with Crippen LogP contribution in [0.4, 0.5) is 16.2 Å². The fourth-order valence-corrected chi connectivity index (χ4v) is 2.34. The lowest BCUT2D eigenvalue weighted by Gasteiger charge is -2.20. The number of carbonyl (C=O) groups is 1. The minimum atomic E-state index is 0.0142. The Labute approximate surface area is 126 Å². The fourth-order valence-electron chi connectivity index (χ4n) is 2.34. The van der Waals surface area contributed by atoms with Gasteiger partial charge in [0.25, 0.3) is 0 Å². The lowest BCUT2D eigenvalue weighted by molar-refractivity contribution is 0.107. The SMILES string of the molecule is CC(C)CCOCCN1CCN(c2ccccc2N)C1=O. The van der Waals surface area contributed by atoms with Crippen molar-refractivity contribution in [1.82, 2.24) is 4.90 Å². The summed E-state index contributed by atoms with van der Waals surface area (Å²) in [7, 11) is 0. The minimum absolute atomic E-state index is 0.0142. The Morgan fingerprint density at radius 3 is 2.71 bits per heavy atom. The Morgan fingerprint density at radius 2 is 2.00 bits per heavy atom. The van der Waals surface area contributed by atoms with Crippen molar-refractivity contribution in [3.63, 3.8) is 0 Å². The van der Waals surface area contributed by atoms with E-state index in [2.05, 4.69) is 13.8 Å². The van der Waals surface area contributed by atoms with E-state index in [0.29, 0.717) is 31.3 Å². The summed E-state index contributed by atoms with van der Waals surface area (Å²) in [6.07, 6.45) is 1.06. The molecule has 116 valence electrons. The Hall–Kier alpha value is -1.75. The lowest BCUT2D eigenvalue weighted by Crippen LogP contribution is -2.34. The van der Waals surface area contributed by atoms with Crippen LogP contribution >= 0.6 is 0 Å². The van der Waals surface area contributed by atoms with Crippen molar-refractivity contribution >= 4 is 17.4 Å². The van der Waals surface area contributed by atoms with Gasteiger partial charge in [0.15, 0.2) is 0 Å². The number of para-hydroxylation sites is 2. The van der Waals surface area contributed by atoms with Gasteiger partial charge in [0.1, 0.15) is 0 Å². The molecule has 5 nitrogen and oxygen atoms in total. The molecular weight excluding hydrogens is 266 g/mol. The van der Waals surface area contributed by atoms with Crippen LogP contribution in [-0.2, 0) is 4.74 Å². The van der Waals surface area contributed by atoms with Crippen molar-refractivity contribution in [1.29, 1.82) is 0 Å². The predicted octanol–water partition coefficient (Wildman–Crippen LogP) is 2.57. The molecule has 2 N–H and O–H groups in total. The van der Waals surface area contributed by atoms with Crippen LogP contribution in [0, 0.1) is 5.92 Å². The molecule has 21 heavy (non-hydrogen) atoms. The summed E-state index contributed by atoms with van der Waals surface area (Å²) in [5.74, 6) is 0.648. The zero-order valence-electron chi connectivity index (χ0n) is 12.9. The van der Waals surface area contributed by atoms with Crippen molar-refractivity contribution < 1.29 is 9.53 Å². The zero-order chi connectivity index (χ0) is 15.2. The van der Waals surface area contributed by atoms with E-state index in [9.17, 15) is 4.79 Å². The van der Waals surface area contributed by atoms with E-state index in [1.54, 1.807) is 4.90 Å². The molecule has 0 spiro atoms. The first-order valence-electron chi connectivity index (χ1n) is 7.58. The van der Waals surface area contributed by atoms with Gasteiger partial charge in [-0.1, -0.05) is 26.0 Å². The van der Waals surface area contributed by atoms with Gasteiger partial charge in [-0.15, -0.1) is 0 Å². The van der Waals surface area contributed by atoms with Crippen LogP contribution in [0.15, 0.2) is 24.3 Å². The molecule has 1 aromatic rings. The second kappa shape index (κ2) is 7.31. The highest BCUT2D eigenvalue weighted by Crippen LogP contribution is 2.26. The van der Waals surface area contributed by atoms with Crippen molar-refractivity contribution in [2.45, 2.75) is 20.3 Å². The summed E-state index contributed by atoms with van der Waals surface area (Å²) < 4.78 is 5.58. The Balaban J connectivity index is 1.81. The number of hydrogen-bond donors (Lipinski definition) is 1. The minimum Gasteiger partial charge on any atom is -0.397 e. The number of nitrogens with zero attached hydrogens (tertiary/aromatic N) is 2. The Kier molecular flexibility index (Phi) is 5.44. The van der Waals surface area contributed by atoms with Crippen LogP contribution < -0.4 is 10.6 Å². The van der Waals surface area contributed by atoms with E-state index in [1.165, 1.54) is 0 Å². The second-order valence-electron chi connectivity index (χ2n) is 5.77. The molecule has 1 aromatic carbocycles. The number of nitrogen functional groups attached to an aromatic ring is 1. The summed E-state index contributed by atoms with van der Waals surface area (Å²) in [5.41, 5.74) is 7.38. The van der Waals surface area contributed by atoms with E-state index in [-0.39, 0.29) is 6.03 Å². The fraction of sp³-hybridized carbons (Fsp3) is 0.562. The topological polar surface area (TPSA) is 58.8 Å². The number of benzene rings is 1. The molecule has 0 unspecified atom stereocenters. The summed E-state index contributed by atoms with van der Waals surface area (Å²) in [4.78, 5) is 15.9. The standard InChI is InChI=1S/C16H25N3O2/c1-13(2)7-11-21-12-10-18-8-9-19(16(18)20)15-6-4-3-5-14(15)17/h3-6,13H,7-12,17H2,1-2H3. The number of anilines is 2. The molecule has 1 heterocycles. The van der Waals surface area contributed by atoms with Crippen LogP contribution in [0.3, 0.4) is 0 Å². The van der Waals surface area contributed by atoms with Crippen LogP contribution in [0.5, 0.6) is 0 Å². The van der Waals surface area contributed by atoms with E-state index < -0.39 is 0 Å². The van der Waals surface area contributed by atoms with Gasteiger partial charge in [-0.05, 0) is 24.5 Å². The van der Waals surface area contributed by atoms with Gasteiger partial charge in [-0.2, -0.15) is 0 Å². The van der Waals surface area contributed by atoms with Crippen LogP contribution in [0.2, 0.25) is 0 Å². The van der Waals surface area contributed by atoms with Crippen LogP contribution in [-0.4, -0.2) is 43.8 Å². The van der Waals surface area contributed by atoms with Gasteiger partial charge in [0.2, 0.25) is 0 Å². The largest absolute Gasteiger partial charge is 0.397 e. The predicted molar refractivity (Wildman–Crippen MR) is 85.4 cm³/mol. The Bertz CT molecular complexity index is 476. The molecule has 1 aliphatic rings. The van der Waals surface area contributed by atoms with E-state index in [0.717, 1.165) is 25.3 Å². The number of amides is 2. The molecule has 0 aromatic heterocycles. The zero-order valence-corrected chi connectivity index (χ0v) is 12.9. The molecule has 0 atom stereocenters. The lowest BCUT2D eigenvalue weighted by atomic mass is 10.1. The molecular formula is C16H25N3O2. The molecule has 0 bridgehead atoms. The summed E-state index contributed by atoms with van der Waals surface area (Å²) in [6.45, 7) is 7.75. The maximum Gasteiger partial charge on any atom is 0.324 e. The normalized spacial score (nSPS) is 15.3. The first-order chi connectivity index (χ1) is 10.1. The van der Waals surface area contributed by atoms with Crippen LogP contribution in [0.1, 0.15) is 20.3 Å². The molecule has 0 radical (unpaired) electrons. The van der Waals surface area contributed by atoms with E-state index in [4.69, 9.17) is 10.5 Å². The summed E-state index contributed by atoms with van der Waals surface area (Å²) in [6, 6.07) is 7.49. The van der Waals surface area contributed by atoms with Crippen molar-refractivity contribution in [3.05, 3.63) is 24.3 Å². The first-order valence-corrected chi connectivity index (χ1v) is 7.58. The number of rotatable bonds is 7. The van der Waals surface area contributed by atoms with Gasteiger partial charge >= 0.3 is 6.03 Å². The highest BCUT2D eigenvalue weighted by atomic mass is 16.5. The van der Waals surface area contributed by atoms with Crippen molar-refractivity contribution in [2.24, 2.45) is 5.92 Å². The number of carbonyl (C=O) groups excluding carboxylic acids is 1. The van der Waals surface area contributed by atoms with Gasteiger partial charge in [0.05, 0.1) is 18.0 Å². The molecule has 1 fully saturated rings. The highest BCUT2D eigenvalue weighted by molar-refractivity contribution is 5.97. The van der Waals surface area contributed by atoms with Gasteiger partial charge < -0.3 is 15.4 Å². The number of urea groups is 1.